The highest BCUT2D eigenvalue weighted by molar-refractivity contribution is 5.78. The Labute approximate surface area is 113 Å². The highest BCUT2D eigenvalue weighted by Gasteiger charge is 2.26. The van der Waals surface area contributed by atoms with E-state index < -0.39 is 0 Å². The van der Waals surface area contributed by atoms with Crippen molar-refractivity contribution >= 4 is 5.91 Å². The van der Waals surface area contributed by atoms with E-state index in [9.17, 15) is 4.79 Å². The van der Waals surface area contributed by atoms with E-state index in [1.54, 1.807) is 24.5 Å². The van der Waals surface area contributed by atoms with E-state index >= 15 is 0 Å². The van der Waals surface area contributed by atoms with Crippen molar-refractivity contribution in [2.75, 3.05) is 19.8 Å². The normalized spacial score (nSPS) is 19.2. The molecular formula is C14H20N2O3. The molecule has 2 heterocycles. The Kier molecular flexibility index (Phi) is 5.15. The summed E-state index contributed by atoms with van der Waals surface area (Å²) in [6.45, 7) is 0.922. The standard InChI is InChI=1S/C14H20N2O3/c17-9-6-12-4-1-2-8-16(12)14(18)11-19-13-5-3-7-15-10-13/h3,5,7,10,12,17H,1-2,4,6,8-9,11H2. The summed E-state index contributed by atoms with van der Waals surface area (Å²) in [5.74, 6) is 0.591. The van der Waals surface area contributed by atoms with Crippen LogP contribution >= 0.6 is 0 Å². The molecule has 5 heteroatoms. The molecule has 104 valence electrons. The lowest BCUT2D eigenvalue weighted by Gasteiger charge is -2.35. The maximum atomic E-state index is 12.2. The van der Waals surface area contributed by atoms with Gasteiger partial charge in [-0.15, -0.1) is 0 Å². The second-order valence-electron chi connectivity index (χ2n) is 4.73. The first-order chi connectivity index (χ1) is 9.31. The average molecular weight is 264 g/mol. The Bertz CT molecular complexity index is 395. The molecule has 1 aromatic rings. The molecule has 1 saturated heterocycles. The Morgan fingerprint density at radius 2 is 2.42 bits per heavy atom. The van der Waals surface area contributed by atoms with Gasteiger partial charge in [0, 0.05) is 25.4 Å². The number of nitrogens with zero attached hydrogens (tertiary/aromatic N) is 2. The number of hydrogen-bond donors (Lipinski definition) is 1. The van der Waals surface area contributed by atoms with Crippen LogP contribution in [0.2, 0.25) is 0 Å². The van der Waals surface area contributed by atoms with Crippen LogP contribution in [0, 0.1) is 0 Å². The van der Waals surface area contributed by atoms with Crippen LogP contribution in [0.5, 0.6) is 5.75 Å². The van der Waals surface area contributed by atoms with Crippen molar-refractivity contribution in [2.24, 2.45) is 0 Å². The molecule has 1 atom stereocenters. The highest BCUT2D eigenvalue weighted by atomic mass is 16.5. The molecule has 0 aliphatic carbocycles. The summed E-state index contributed by atoms with van der Waals surface area (Å²) in [5, 5.41) is 9.05. The SMILES string of the molecule is O=C(COc1cccnc1)N1CCCCC1CCO. The van der Waals surface area contributed by atoms with Gasteiger partial charge >= 0.3 is 0 Å². The van der Waals surface area contributed by atoms with Crippen LogP contribution in [0.25, 0.3) is 0 Å². The molecule has 1 N–H and O–H groups in total. The number of amides is 1. The third-order valence-electron chi connectivity index (χ3n) is 3.41. The molecule has 1 amide bonds. The largest absolute Gasteiger partial charge is 0.482 e. The smallest absolute Gasteiger partial charge is 0.260 e. The zero-order valence-corrected chi connectivity index (χ0v) is 11.0. The fraction of sp³-hybridized carbons (Fsp3) is 0.571. The predicted octanol–water partition coefficient (Wildman–Crippen LogP) is 1.22. The monoisotopic (exact) mass is 264 g/mol. The van der Waals surface area contributed by atoms with Gasteiger partial charge in [-0.25, -0.2) is 0 Å². The van der Waals surface area contributed by atoms with Crippen LogP contribution in [-0.2, 0) is 4.79 Å². The van der Waals surface area contributed by atoms with Crippen molar-refractivity contribution in [1.29, 1.82) is 0 Å². The average Bonchev–Trinajstić information content (AvgIpc) is 2.47. The Hall–Kier alpha value is -1.62. The first kappa shape index (κ1) is 13.8. The second kappa shape index (κ2) is 7.09. The van der Waals surface area contributed by atoms with Crippen molar-refractivity contribution < 1.29 is 14.6 Å². The van der Waals surface area contributed by atoms with Gasteiger partial charge in [0.2, 0.25) is 0 Å². The zero-order valence-electron chi connectivity index (χ0n) is 11.0. The van der Waals surface area contributed by atoms with Gasteiger partial charge in [0.15, 0.2) is 6.61 Å². The van der Waals surface area contributed by atoms with Gasteiger partial charge < -0.3 is 14.7 Å². The number of ether oxygens (including phenoxy) is 1. The van der Waals surface area contributed by atoms with Crippen LogP contribution in [0.1, 0.15) is 25.7 Å². The number of rotatable bonds is 5. The molecule has 0 aromatic carbocycles. The molecule has 0 saturated carbocycles. The van der Waals surface area contributed by atoms with E-state index in [1.165, 1.54) is 0 Å². The summed E-state index contributed by atoms with van der Waals surface area (Å²) in [4.78, 5) is 17.9. The van der Waals surface area contributed by atoms with Crippen molar-refractivity contribution in [3.05, 3.63) is 24.5 Å². The number of aliphatic hydroxyl groups excluding tert-OH is 1. The van der Waals surface area contributed by atoms with Gasteiger partial charge in [0.05, 0.1) is 6.20 Å². The number of likely N-dealkylation sites (tertiary alicyclic amines) is 1. The molecule has 0 spiro atoms. The van der Waals surface area contributed by atoms with Crippen molar-refractivity contribution in [2.45, 2.75) is 31.7 Å². The summed E-state index contributed by atoms with van der Waals surface area (Å²) in [6, 6.07) is 3.71. The lowest BCUT2D eigenvalue weighted by Crippen LogP contribution is -2.46. The van der Waals surface area contributed by atoms with E-state index in [0.29, 0.717) is 12.2 Å². The van der Waals surface area contributed by atoms with Gasteiger partial charge in [0.25, 0.3) is 5.91 Å². The summed E-state index contributed by atoms with van der Waals surface area (Å²) in [7, 11) is 0. The molecule has 19 heavy (non-hydrogen) atoms. The number of aromatic nitrogens is 1. The minimum atomic E-state index is -0.0120. The summed E-state index contributed by atoms with van der Waals surface area (Å²) in [5.41, 5.74) is 0. The molecule has 5 nitrogen and oxygen atoms in total. The quantitative estimate of drug-likeness (QED) is 0.868. The lowest BCUT2D eigenvalue weighted by molar-refractivity contribution is -0.137. The first-order valence-corrected chi connectivity index (χ1v) is 6.74. The van der Waals surface area contributed by atoms with Crippen LogP contribution in [-0.4, -0.2) is 46.7 Å². The van der Waals surface area contributed by atoms with Crippen LogP contribution in [0.3, 0.4) is 0 Å². The van der Waals surface area contributed by atoms with Crippen LogP contribution in [0.4, 0.5) is 0 Å². The van der Waals surface area contributed by atoms with E-state index in [2.05, 4.69) is 4.98 Å². The minimum Gasteiger partial charge on any atom is -0.482 e. The highest BCUT2D eigenvalue weighted by Crippen LogP contribution is 2.19. The number of pyridine rings is 1. The van der Waals surface area contributed by atoms with Gasteiger partial charge in [-0.3, -0.25) is 9.78 Å². The molecule has 1 aliphatic heterocycles. The fourth-order valence-corrected chi connectivity index (χ4v) is 2.44. The predicted molar refractivity (Wildman–Crippen MR) is 70.8 cm³/mol. The Morgan fingerprint density at radius 3 is 3.16 bits per heavy atom. The van der Waals surface area contributed by atoms with Gasteiger partial charge in [-0.05, 0) is 37.8 Å². The van der Waals surface area contributed by atoms with Gasteiger partial charge in [-0.2, -0.15) is 0 Å². The number of piperidine rings is 1. The maximum Gasteiger partial charge on any atom is 0.260 e. The van der Waals surface area contributed by atoms with E-state index in [1.807, 2.05) is 4.90 Å². The summed E-state index contributed by atoms with van der Waals surface area (Å²) < 4.78 is 5.43. The summed E-state index contributed by atoms with van der Waals surface area (Å²) >= 11 is 0. The lowest BCUT2D eigenvalue weighted by atomic mass is 9.99. The third-order valence-corrected chi connectivity index (χ3v) is 3.41. The molecule has 1 aliphatic rings. The Balaban J connectivity index is 1.87. The minimum absolute atomic E-state index is 0.0120. The van der Waals surface area contributed by atoms with E-state index in [4.69, 9.17) is 9.84 Å². The Morgan fingerprint density at radius 1 is 1.53 bits per heavy atom. The van der Waals surface area contributed by atoms with E-state index in [-0.39, 0.29) is 25.2 Å². The molecule has 0 bridgehead atoms. The second-order valence-corrected chi connectivity index (χ2v) is 4.73. The van der Waals surface area contributed by atoms with E-state index in [0.717, 1.165) is 25.8 Å². The van der Waals surface area contributed by atoms with Crippen LogP contribution < -0.4 is 4.74 Å². The fourth-order valence-electron chi connectivity index (χ4n) is 2.44. The maximum absolute atomic E-state index is 12.2. The summed E-state index contributed by atoms with van der Waals surface area (Å²) in [6.07, 6.45) is 7.03. The van der Waals surface area contributed by atoms with Gasteiger partial charge in [0.1, 0.15) is 5.75 Å². The molecule has 2 rings (SSSR count). The molecule has 1 unspecified atom stereocenters. The molecule has 1 fully saturated rings. The van der Waals surface area contributed by atoms with Crippen LogP contribution in [0.15, 0.2) is 24.5 Å². The van der Waals surface area contributed by atoms with Gasteiger partial charge in [-0.1, -0.05) is 0 Å². The third kappa shape index (κ3) is 3.92. The number of carbonyl (C=O) groups excluding carboxylic acids is 1. The molecular weight excluding hydrogens is 244 g/mol. The number of hydrogen-bond acceptors (Lipinski definition) is 4. The van der Waals surface area contributed by atoms with Crippen molar-refractivity contribution in [3.63, 3.8) is 0 Å². The van der Waals surface area contributed by atoms with Crippen molar-refractivity contribution in [3.8, 4) is 5.75 Å². The zero-order chi connectivity index (χ0) is 13.5. The first-order valence-electron chi connectivity index (χ1n) is 6.74. The number of aliphatic hydroxyl groups is 1. The molecule has 0 radical (unpaired) electrons. The molecule has 1 aromatic heterocycles. The topological polar surface area (TPSA) is 62.7 Å². The number of carbonyl (C=O) groups is 1. The van der Waals surface area contributed by atoms with Crippen molar-refractivity contribution in [1.82, 2.24) is 9.88 Å².